The highest BCUT2D eigenvalue weighted by molar-refractivity contribution is 7.89. The highest BCUT2D eigenvalue weighted by Gasteiger charge is 2.22. The van der Waals surface area contributed by atoms with Gasteiger partial charge in [0.2, 0.25) is 10.0 Å². The zero-order valence-electron chi connectivity index (χ0n) is 13.9. The monoisotopic (exact) mass is 313 g/mol. The van der Waals surface area contributed by atoms with Crippen molar-refractivity contribution in [1.29, 1.82) is 0 Å². The van der Waals surface area contributed by atoms with Crippen LogP contribution in [0.2, 0.25) is 0 Å². The summed E-state index contributed by atoms with van der Waals surface area (Å²) in [5, 5.41) is 0. The maximum absolute atomic E-state index is 12.5. The Kier molecular flexibility index (Phi) is 6.23. The smallest absolute Gasteiger partial charge is 0.244 e. The van der Waals surface area contributed by atoms with Gasteiger partial charge >= 0.3 is 0 Å². The third-order valence-electron chi connectivity index (χ3n) is 3.23. The van der Waals surface area contributed by atoms with Crippen LogP contribution in [0.1, 0.15) is 51.7 Å². The summed E-state index contributed by atoms with van der Waals surface area (Å²) in [6, 6.07) is 3.57. The van der Waals surface area contributed by atoms with Crippen molar-refractivity contribution in [2.75, 3.05) is 13.2 Å². The highest BCUT2D eigenvalue weighted by Crippen LogP contribution is 2.31. The molecule has 0 aliphatic carbocycles. The van der Waals surface area contributed by atoms with Crippen LogP contribution >= 0.6 is 0 Å². The fourth-order valence-corrected chi connectivity index (χ4v) is 3.50. The quantitative estimate of drug-likeness (QED) is 0.839. The first-order chi connectivity index (χ1) is 9.69. The van der Waals surface area contributed by atoms with E-state index in [-0.39, 0.29) is 16.7 Å². The summed E-state index contributed by atoms with van der Waals surface area (Å²) in [6.45, 7) is 12.7. The third kappa shape index (κ3) is 4.71. The van der Waals surface area contributed by atoms with E-state index in [4.69, 9.17) is 4.74 Å². The first-order valence-corrected chi connectivity index (χ1v) is 8.94. The summed E-state index contributed by atoms with van der Waals surface area (Å²) in [5.41, 5.74) is 2.08. The van der Waals surface area contributed by atoms with Gasteiger partial charge in [0.1, 0.15) is 10.6 Å². The van der Waals surface area contributed by atoms with E-state index in [2.05, 4.69) is 18.6 Å². The van der Waals surface area contributed by atoms with Crippen molar-refractivity contribution >= 4 is 10.0 Å². The Morgan fingerprint density at radius 1 is 1.19 bits per heavy atom. The highest BCUT2D eigenvalue weighted by atomic mass is 32.2. The minimum absolute atomic E-state index is 0.235. The first-order valence-electron chi connectivity index (χ1n) is 7.46. The number of ether oxygens (including phenoxy) is 1. The molecule has 5 heteroatoms. The molecule has 120 valence electrons. The van der Waals surface area contributed by atoms with E-state index in [1.165, 1.54) is 0 Å². The average molecular weight is 313 g/mol. The molecule has 0 aromatic heterocycles. The Morgan fingerprint density at radius 3 is 2.29 bits per heavy atom. The predicted molar refractivity (Wildman–Crippen MR) is 86.5 cm³/mol. The summed E-state index contributed by atoms with van der Waals surface area (Å²) >= 11 is 0. The van der Waals surface area contributed by atoms with Crippen molar-refractivity contribution in [1.82, 2.24) is 4.72 Å². The molecule has 0 radical (unpaired) electrons. The van der Waals surface area contributed by atoms with E-state index in [1.807, 2.05) is 33.8 Å². The van der Waals surface area contributed by atoms with E-state index < -0.39 is 10.0 Å². The molecule has 0 aliphatic heterocycles. The van der Waals surface area contributed by atoms with Gasteiger partial charge in [0.15, 0.2) is 0 Å². The van der Waals surface area contributed by atoms with Crippen LogP contribution in [0, 0.1) is 12.8 Å². The summed E-state index contributed by atoms with van der Waals surface area (Å²) in [5.74, 6) is 0.945. The Hall–Kier alpha value is -1.07. The fraction of sp³-hybridized carbons (Fsp3) is 0.625. The van der Waals surface area contributed by atoms with Crippen molar-refractivity contribution in [3.05, 3.63) is 23.3 Å². The van der Waals surface area contributed by atoms with Crippen molar-refractivity contribution in [3.63, 3.8) is 0 Å². The maximum atomic E-state index is 12.5. The lowest BCUT2D eigenvalue weighted by atomic mass is 9.98. The van der Waals surface area contributed by atoms with Gasteiger partial charge in [-0.15, -0.1) is 0 Å². The molecule has 21 heavy (non-hydrogen) atoms. The minimum Gasteiger partial charge on any atom is -0.492 e. The Morgan fingerprint density at radius 2 is 1.81 bits per heavy atom. The summed E-state index contributed by atoms with van der Waals surface area (Å²) in [4.78, 5) is 0.235. The number of nitrogens with one attached hydrogen (secondary N) is 1. The summed E-state index contributed by atoms with van der Waals surface area (Å²) < 4.78 is 33.2. The van der Waals surface area contributed by atoms with E-state index in [1.54, 1.807) is 6.07 Å². The molecule has 0 amide bonds. The molecular formula is C16H27NO3S. The van der Waals surface area contributed by atoms with Crippen LogP contribution < -0.4 is 9.46 Å². The molecule has 0 atom stereocenters. The molecule has 0 heterocycles. The number of rotatable bonds is 7. The van der Waals surface area contributed by atoms with Gasteiger partial charge in [-0.3, -0.25) is 0 Å². The molecule has 0 aliphatic rings. The van der Waals surface area contributed by atoms with Gasteiger partial charge < -0.3 is 4.74 Å². The normalized spacial score (nSPS) is 12.2. The van der Waals surface area contributed by atoms with Gasteiger partial charge in [-0.25, -0.2) is 13.1 Å². The SMILES string of the molecule is CCOc1cc(C)c(C(C)C)cc1S(=O)(=O)NCC(C)C. The zero-order chi connectivity index (χ0) is 16.2. The van der Waals surface area contributed by atoms with Gasteiger partial charge in [0.05, 0.1) is 6.61 Å². The van der Waals surface area contributed by atoms with E-state index in [9.17, 15) is 8.42 Å². The number of aryl methyl sites for hydroxylation is 1. The van der Waals surface area contributed by atoms with Crippen molar-refractivity contribution in [3.8, 4) is 5.75 Å². The lowest BCUT2D eigenvalue weighted by molar-refractivity contribution is 0.330. The average Bonchev–Trinajstić information content (AvgIpc) is 2.36. The van der Waals surface area contributed by atoms with Gasteiger partial charge in [-0.2, -0.15) is 0 Å². The van der Waals surface area contributed by atoms with E-state index in [0.717, 1.165) is 11.1 Å². The van der Waals surface area contributed by atoms with Crippen molar-refractivity contribution in [2.45, 2.75) is 52.4 Å². The zero-order valence-corrected chi connectivity index (χ0v) is 14.7. The van der Waals surface area contributed by atoms with Crippen LogP contribution in [0.15, 0.2) is 17.0 Å². The standard InChI is InChI=1S/C16H27NO3S/c1-7-20-15-8-13(6)14(12(4)5)9-16(15)21(18,19)17-10-11(2)3/h8-9,11-12,17H,7,10H2,1-6H3. The second-order valence-electron chi connectivity index (χ2n) is 5.99. The Balaban J connectivity index is 3.33. The molecule has 0 unspecified atom stereocenters. The molecule has 0 fully saturated rings. The summed E-state index contributed by atoms with van der Waals surface area (Å²) in [7, 11) is -3.56. The largest absolute Gasteiger partial charge is 0.492 e. The number of benzene rings is 1. The second kappa shape index (κ2) is 7.27. The van der Waals surface area contributed by atoms with Crippen LogP contribution in [0.3, 0.4) is 0 Å². The van der Waals surface area contributed by atoms with Crippen LogP contribution in [-0.4, -0.2) is 21.6 Å². The molecule has 1 aromatic rings. The van der Waals surface area contributed by atoms with Crippen LogP contribution in [0.25, 0.3) is 0 Å². The van der Waals surface area contributed by atoms with Crippen molar-refractivity contribution < 1.29 is 13.2 Å². The van der Waals surface area contributed by atoms with E-state index in [0.29, 0.717) is 18.9 Å². The topological polar surface area (TPSA) is 55.4 Å². The van der Waals surface area contributed by atoms with Gasteiger partial charge in [0.25, 0.3) is 0 Å². The molecule has 0 saturated carbocycles. The number of hydrogen-bond acceptors (Lipinski definition) is 3. The lowest BCUT2D eigenvalue weighted by Gasteiger charge is -2.17. The molecule has 0 bridgehead atoms. The van der Waals surface area contributed by atoms with Gasteiger partial charge in [-0.1, -0.05) is 27.7 Å². The Bertz CT molecular complexity index is 577. The molecule has 1 N–H and O–H groups in total. The molecule has 0 saturated heterocycles. The second-order valence-corrected chi connectivity index (χ2v) is 7.72. The maximum Gasteiger partial charge on any atom is 0.244 e. The van der Waals surface area contributed by atoms with Gasteiger partial charge in [0, 0.05) is 6.54 Å². The van der Waals surface area contributed by atoms with Gasteiger partial charge in [-0.05, 0) is 48.9 Å². The van der Waals surface area contributed by atoms with E-state index >= 15 is 0 Å². The minimum atomic E-state index is -3.56. The van der Waals surface area contributed by atoms with Crippen LogP contribution in [0.5, 0.6) is 5.75 Å². The molecular weight excluding hydrogens is 286 g/mol. The fourth-order valence-electron chi connectivity index (χ4n) is 2.13. The molecule has 0 spiro atoms. The number of sulfonamides is 1. The Labute approximate surface area is 129 Å². The van der Waals surface area contributed by atoms with Crippen LogP contribution in [0.4, 0.5) is 0 Å². The third-order valence-corrected chi connectivity index (χ3v) is 4.67. The molecule has 4 nitrogen and oxygen atoms in total. The first kappa shape index (κ1) is 18.0. The number of hydrogen-bond donors (Lipinski definition) is 1. The van der Waals surface area contributed by atoms with Crippen LogP contribution in [-0.2, 0) is 10.0 Å². The van der Waals surface area contributed by atoms with Crippen molar-refractivity contribution in [2.24, 2.45) is 5.92 Å². The molecule has 1 rings (SSSR count). The lowest BCUT2D eigenvalue weighted by Crippen LogP contribution is -2.28. The predicted octanol–water partition coefficient (Wildman–Crippen LogP) is 3.45. The molecule has 1 aromatic carbocycles. The summed E-state index contributed by atoms with van der Waals surface area (Å²) in [6.07, 6.45) is 0.